The molecule has 0 radical (unpaired) electrons. The maximum absolute atomic E-state index is 14.1. The van der Waals surface area contributed by atoms with Crippen LogP contribution in [0.5, 0.6) is 0 Å². The van der Waals surface area contributed by atoms with E-state index in [0.29, 0.717) is 35.7 Å². The van der Waals surface area contributed by atoms with Crippen LogP contribution >= 0.6 is 0 Å². The third-order valence-electron chi connectivity index (χ3n) is 6.86. The van der Waals surface area contributed by atoms with Gasteiger partial charge in [-0.2, -0.15) is 0 Å². The molecule has 6 rings (SSSR count). The Hall–Kier alpha value is -3.72. The second kappa shape index (κ2) is 9.39. The average molecular weight is 485 g/mol. The van der Waals surface area contributed by atoms with Crippen molar-refractivity contribution < 1.29 is 4.39 Å². The van der Waals surface area contributed by atoms with E-state index in [-0.39, 0.29) is 5.82 Å². The Bertz CT molecular complexity index is 1400. The number of fused-ring (bicyclic) bond motifs is 1. The molecule has 4 aromatic rings. The molecule has 5 heterocycles. The number of pyridine rings is 3. The van der Waals surface area contributed by atoms with Gasteiger partial charge in [-0.3, -0.25) is 4.98 Å². The number of halogens is 1. The summed E-state index contributed by atoms with van der Waals surface area (Å²) in [5, 5.41) is 11.4. The number of nitrogens with zero attached hydrogens (tertiary/aromatic N) is 5. The molecule has 4 aromatic heterocycles. The normalized spacial score (nSPS) is 21.9. The van der Waals surface area contributed by atoms with Crippen molar-refractivity contribution in [2.75, 3.05) is 10.6 Å². The first-order valence-electron chi connectivity index (χ1n) is 12.6. The van der Waals surface area contributed by atoms with Crippen molar-refractivity contribution in [3.63, 3.8) is 0 Å². The Morgan fingerprint density at radius 2 is 1.81 bits per heavy atom. The third-order valence-corrected chi connectivity index (χ3v) is 6.86. The molecule has 3 atom stereocenters. The highest BCUT2D eigenvalue weighted by Gasteiger charge is 2.29. The van der Waals surface area contributed by atoms with Crippen LogP contribution in [0.15, 0.2) is 49.1 Å². The van der Waals surface area contributed by atoms with Crippen LogP contribution in [0.3, 0.4) is 0 Å². The zero-order valence-electron chi connectivity index (χ0n) is 20.4. The van der Waals surface area contributed by atoms with Gasteiger partial charge in [0.25, 0.3) is 0 Å². The zero-order chi connectivity index (χ0) is 24.6. The van der Waals surface area contributed by atoms with Crippen LogP contribution in [-0.2, 0) is 0 Å². The van der Waals surface area contributed by atoms with Crippen molar-refractivity contribution in [1.82, 2.24) is 30.2 Å². The van der Waals surface area contributed by atoms with Crippen LogP contribution < -0.4 is 16.0 Å². The first-order valence-corrected chi connectivity index (χ1v) is 12.6. The van der Waals surface area contributed by atoms with Crippen molar-refractivity contribution >= 4 is 28.4 Å². The molecule has 1 aliphatic heterocycles. The van der Waals surface area contributed by atoms with E-state index in [2.05, 4.69) is 44.7 Å². The molecule has 8 nitrogen and oxygen atoms in total. The fourth-order valence-electron chi connectivity index (χ4n) is 5.17. The Morgan fingerprint density at radius 3 is 2.58 bits per heavy atom. The van der Waals surface area contributed by atoms with Gasteiger partial charge in [0.05, 0.1) is 11.7 Å². The minimum Gasteiger partial charge on any atom is -0.367 e. The number of anilines is 3. The van der Waals surface area contributed by atoms with Crippen LogP contribution in [-0.4, -0.2) is 43.0 Å². The molecule has 1 saturated carbocycles. The lowest BCUT2D eigenvalue weighted by atomic mass is 9.95. The lowest BCUT2D eigenvalue weighted by Crippen LogP contribution is -2.46. The van der Waals surface area contributed by atoms with Crippen molar-refractivity contribution in [3.05, 3.63) is 60.4 Å². The van der Waals surface area contributed by atoms with Crippen LogP contribution in [0, 0.1) is 5.82 Å². The highest BCUT2D eigenvalue weighted by Crippen LogP contribution is 2.44. The summed E-state index contributed by atoms with van der Waals surface area (Å²) in [7, 11) is 0. The van der Waals surface area contributed by atoms with Crippen molar-refractivity contribution in [3.8, 4) is 11.4 Å². The largest absolute Gasteiger partial charge is 0.367 e. The smallest absolute Gasteiger partial charge is 0.167 e. The molecular weight excluding hydrogens is 455 g/mol. The van der Waals surface area contributed by atoms with Crippen molar-refractivity contribution in [1.29, 1.82) is 0 Å². The predicted molar refractivity (Wildman–Crippen MR) is 139 cm³/mol. The molecule has 1 saturated heterocycles. The summed E-state index contributed by atoms with van der Waals surface area (Å²) >= 11 is 0. The molecule has 0 amide bonds. The minimum absolute atomic E-state index is 0.122. The summed E-state index contributed by atoms with van der Waals surface area (Å²) in [6.07, 6.45) is 11.4. The lowest BCUT2D eigenvalue weighted by molar-refractivity contribution is 0.329. The quantitative estimate of drug-likeness (QED) is 0.344. The van der Waals surface area contributed by atoms with Crippen LogP contribution in [0.2, 0.25) is 0 Å². The third kappa shape index (κ3) is 4.70. The van der Waals surface area contributed by atoms with E-state index in [1.54, 1.807) is 12.3 Å². The molecule has 1 aliphatic carbocycles. The number of piperidine rings is 1. The van der Waals surface area contributed by atoms with E-state index in [0.717, 1.165) is 35.1 Å². The fraction of sp³-hybridized carbons (Fsp3) is 0.370. The van der Waals surface area contributed by atoms with Gasteiger partial charge in [-0.1, -0.05) is 0 Å². The number of nitrogens with one attached hydrogen (secondary N) is 3. The molecular formula is C27H29FN8. The summed E-state index contributed by atoms with van der Waals surface area (Å²) in [6, 6.07) is 7.76. The van der Waals surface area contributed by atoms with E-state index in [1.165, 1.54) is 30.7 Å². The van der Waals surface area contributed by atoms with Gasteiger partial charge in [0.1, 0.15) is 11.6 Å². The van der Waals surface area contributed by atoms with Crippen LogP contribution in [0.4, 0.5) is 21.8 Å². The Morgan fingerprint density at radius 1 is 0.972 bits per heavy atom. The molecule has 2 fully saturated rings. The molecule has 184 valence electrons. The van der Waals surface area contributed by atoms with Gasteiger partial charge in [-0.15, -0.1) is 0 Å². The topological polar surface area (TPSA) is 101 Å². The fourth-order valence-corrected chi connectivity index (χ4v) is 5.17. The predicted octanol–water partition coefficient (Wildman–Crippen LogP) is 5.18. The monoisotopic (exact) mass is 484 g/mol. The van der Waals surface area contributed by atoms with Gasteiger partial charge in [-0.05, 0) is 75.3 Å². The first kappa shape index (κ1) is 22.7. The SMILES string of the molecule is C[C@@H]1CC(Nc2nc(-c3ccnc(Nc4ncccc4F)c3)nc3cncc(C4CC4)c23)C[C@H](C)N1. The van der Waals surface area contributed by atoms with Crippen LogP contribution in [0.25, 0.3) is 22.3 Å². The summed E-state index contributed by atoms with van der Waals surface area (Å²) < 4.78 is 14.1. The second-order valence-corrected chi connectivity index (χ2v) is 9.96. The van der Waals surface area contributed by atoms with Crippen molar-refractivity contribution in [2.24, 2.45) is 0 Å². The van der Waals surface area contributed by atoms with E-state index in [1.807, 2.05) is 24.5 Å². The molecule has 1 unspecified atom stereocenters. The Kier molecular flexibility index (Phi) is 5.92. The number of hydrogen-bond donors (Lipinski definition) is 3. The molecule has 2 aliphatic rings. The highest BCUT2D eigenvalue weighted by atomic mass is 19.1. The van der Waals surface area contributed by atoms with Gasteiger partial charge in [0.2, 0.25) is 0 Å². The molecule has 36 heavy (non-hydrogen) atoms. The van der Waals surface area contributed by atoms with E-state index in [9.17, 15) is 4.39 Å². The maximum Gasteiger partial charge on any atom is 0.167 e. The van der Waals surface area contributed by atoms with E-state index >= 15 is 0 Å². The van der Waals surface area contributed by atoms with Crippen LogP contribution in [0.1, 0.15) is 51.0 Å². The minimum atomic E-state index is -0.442. The number of hydrogen-bond acceptors (Lipinski definition) is 8. The Labute approximate surface area is 209 Å². The summed E-state index contributed by atoms with van der Waals surface area (Å²) in [4.78, 5) is 22.8. The van der Waals surface area contributed by atoms with Gasteiger partial charge >= 0.3 is 0 Å². The number of rotatable bonds is 6. The summed E-state index contributed by atoms with van der Waals surface area (Å²) in [5.74, 6) is 2.09. The molecule has 0 spiro atoms. The molecule has 0 bridgehead atoms. The van der Waals surface area contributed by atoms with E-state index < -0.39 is 5.82 Å². The van der Waals surface area contributed by atoms with E-state index in [4.69, 9.17) is 9.97 Å². The van der Waals surface area contributed by atoms with Gasteiger partial charge < -0.3 is 16.0 Å². The summed E-state index contributed by atoms with van der Waals surface area (Å²) in [6.45, 7) is 4.45. The highest BCUT2D eigenvalue weighted by molar-refractivity contribution is 5.93. The molecule has 0 aromatic carbocycles. The van der Waals surface area contributed by atoms with Gasteiger partial charge in [0.15, 0.2) is 17.5 Å². The van der Waals surface area contributed by atoms with Crippen molar-refractivity contribution in [2.45, 2.75) is 63.6 Å². The molecule has 9 heteroatoms. The number of aromatic nitrogens is 5. The second-order valence-electron chi connectivity index (χ2n) is 9.96. The van der Waals surface area contributed by atoms with Gasteiger partial charge in [0, 0.05) is 47.7 Å². The lowest BCUT2D eigenvalue weighted by Gasteiger charge is -2.34. The zero-order valence-corrected chi connectivity index (χ0v) is 20.4. The average Bonchev–Trinajstić information content (AvgIpc) is 3.70. The standard InChI is InChI=1S/C27H29FN8/c1-15-10-19(11-16(2)32-15)33-27-24-20(17-5-6-17)13-29-14-22(24)34-25(36-27)18-7-9-30-23(12-18)35-26-21(28)4-3-8-31-26/h3-4,7-9,12-17,19,32H,5-6,10-11H2,1-2H3,(H,30,31,35)(H,33,34,36)/t15-,16+,19?. The summed E-state index contributed by atoms with van der Waals surface area (Å²) in [5.41, 5.74) is 2.82. The Balaban J connectivity index is 1.40. The van der Waals surface area contributed by atoms with Gasteiger partial charge in [-0.25, -0.2) is 24.3 Å². The molecule has 3 N–H and O–H groups in total. The first-order chi connectivity index (χ1) is 17.5. The maximum atomic E-state index is 14.1.